The standard InChI is InChI=1S/C19H25N3O3/c1-3-24-19-17-11-22(8-7-18(17)20-13-21-19)10-15(23)12-25-16-6-4-5-14(2)9-16/h4-6,9,13,15,23H,3,7-8,10-12H2,1-2H3. The molecule has 0 spiro atoms. The minimum absolute atomic E-state index is 0.274. The Bertz CT molecular complexity index is 708. The maximum atomic E-state index is 10.3. The zero-order valence-corrected chi connectivity index (χ0v) is 14.8. The van der Waals surface area contributed by atoms with E-state index in [-0.39, 0.29) is 6.61 Å². The summed E-state index contributed by atoms with van der Waals surface area (Å²) >= 11 is 0. The lowest BCUT2D eigenvalue weighted by atomic mass is 10.1. The van der Waals surface area contributed by atoms with E-state index in [0.29, 0.717) is 25.6 Å². The van der Waals surface area contributed by atoms with E-state index in [9.17, 15) is 5.11 Å². The maximum Gasteiger partial charge on any atom is 0.221 e. The topological polar surface area (TPSA) is 67.7 Å². The van der Waals surface area contributed by atoms with Crippen LogP contribution in [0.3, 0.4) is 0 Å². The van der Waals surface area contributed by atoms with Crippen LogP contribution in [0.5, 0.6) is 11.6 Å². The summed E-state index contributed by atoms with van der Waals surface area (Å²) < 4.78 is 11.3. The number of hydrogen-bond donors (Lipinski definition) is 1. The molecular weight excluding hydrogens is 318 g/mol. The van der Waals surface area contributed by atoms with E-state index in [4.69, 9.17) is 9.47 Å². The molecule has 2 heterocycles. The van der Waals surface area contributed by atoms with Crippen LogP contribution in [0.4, 0.5) is 0 Å². The summed E-state index contributed by atoms with van der Waals surface area (Å²) in [5.74, 6) is 1.44. The van der Waals surface area contributed by atoms with E-state index in [1.165, 1.54) is 0 Å². The first kappa shape index (κ1) is 17.6. The number of β-amino-alcohol motifs (C(OH)–C–C–N with tert-alkyl or cyclic N) is 1. The van der Waals surface area contributed by atoms with Crippen molar-refractivity contribution < 1.29 is 14.6 Å². The molecule has 25 heavy (non-hydrogen) atoms. The van der Waals surface area contributed by atoms with Crippen LogP contribution < -0.4 is 9.47 Å². The highest BCUT2D eigenvalue weighted by Gasteiger charge is 2.23. The van der Waals surface area contributed by atoms with Crippen molar-refractivity contribution in [3.05, 3.63) is 47.4 Å². The molecule has 1 aromatic carbocycles. The third-order valence-corrected chi connectivity index (χ3v) is 4.22. The first-order chi connectivity index (χ1) is 12.2. The van der Waals surface area contributed by atoms with E-state index in [1.807, 2.05) is 38.1 Å². The number of aryl methyl sites for hydroxylation is 1. The molecule has 0 radical (unpaired) electrons. The van der Waals surface area contributed by atoms with Gasteiger partial charge in [-0.3, -0.25) is 4.90 Å². The Kier molecular flexibility index (Phi) is 5.83. The predicted octanol–water partition coefficient (Wildman–Crippen LogP) is 1.98. The maximum absolute atomic E-state index is 10.3. The van der Waals surface area contributed by atoms with Gasteiger partial charge in [0.05, 0.1) is 12.3 Å². The fraction of sp³-hybridized carbons (Fsp3) is 0.474. The fourth-order valence-corrected chi connectivity index (χ4v) is 3.04. The van der Waals surface area contributed by atoms with Gasteiger partial charge in [-0.1, -0.05) is 12.1 Å². The molecule has 1 unspecified atom stereocenters. The first-order valence-corrected chi connectivity index (χ1v) is 8.71. The lowest BCUT2D eigenvalue weighted by Crippen LogP contribution is -2.39. The summed E-state index contributed by atoms with van der Waals surface area (Å²) in [6, 6.07) is 7.85. The number of ether oxygens (including phenoxy) is 2. The van der Waals surface area contributed by atoms with Crippen LogP contribution >= 0.6 is 0 Å². The Hall–Kier alpha value is -2.18. The van der Waals surface area contributed by atoms with Gasteiger partial charge >= 0.3 is 0 Å². The Morgan fingerprint density at radius 3 is 2.96 bits per heavy atom. The minimum atomic E-state index is -0.553. The Balaban J connectivity index is 1.55. The average Bonchev–Trinajstić information content (AvgIpc) is 2.61. The fourth-order valence-electron chi connectivity index (χ4n) is 3.04. The molecule has 1 atom stereocenters. The van der Waals surface area contributed by atoms with Crippen LogP contribution in [0, 0.1) is 6.92 Å². The van der Waals surface area contributed by atoms with Gasteiger partial charge in [0.2, 0.25) is 5.88 Å². The van der Waals surface area contributed by atoms with Crippen molar-refractivity contribution in [3.8, 4) is 11.6 Å². The van der Waals surface area contributed by atoms with Crippen LogP contribution in [-0.4, -0.2) is 52.4 Å². The van der Waals surface area contributed by atoms with Crippen molar-refractivity contribution in [1.29, 1.82) is 0 Å². The second-order valence-corrected chi connectivity index (χ2v) is 6.30. The van der Waals surface area contributed by atoms with Crippen LogP contribution in [0.25, 0.3) is 0 Å². The summed E-state index contributed by atoms with van der Waals surface area (Å²) in [5, 5.41) is 10.3. The SMILES string of the molecule is CCOc1ncnc2c1CN(CC(O)COc1cccc(C)c1)CC2. The van der Waals surface area contributed by atoms with Crippen molar-refractivity contribution >= 4 is 0 Å². The summed E-state index contributed by atoms with van der Waals surface area (Å²) in [5.41, 5.74) is 3.21. The minimum Gasteiger partial charge on any atom is -0.491 e. The van der Waals surface area contributed by atoms with Gasteiger partial charge in [-0.2, -0.15) is 0 Å². The number of fused-ring (bicyclic) bond motifs is 1. The first-order valence-electron chi connectivity index (χ1n) is 8.71. The Morgan fingerprint density at radius 1 is 1.28 bits per heavy atom. The summed E-state index contributed by atoms with van der Waals surface area (Å²) in [6.07, 6.45) is 1.84. The quantitative estimate of drug-likeness (QED) is 0.829. The molecule has 1 aliphatic rings. The highest BCUT2D eigenvalue weighted by molar-refractivity contribution is 5.31. The Labute approximate surface area is 148 Å². The lowest BCUT2D eigenvalue weighted by Gasteiger charge is -2.30. The highest BCUT2D eigenvalue weighted by Crippen LogP contribution is 2.24. The van der Waals surface area contributed by atoms with Crippen molar-refractivity contribution in [2.75, 3.05) is 26.3 Å². The van der Waals surface area contributed by atoms with Gasteiger partial charge in [0.25, 0.3) is 0 Å². The molecule has 134 valence electrons. The monoisotopic (exact) mass is 343 g/mol. The van der Waals surface area contributed by atoms with E-state index in [0.717, 1.165) is 35.5 Å². The molecule has 1 aromatic heterocycles. The lowest BCUT2D eigenvalue weighted by molar-refractivity contribution is 0.0629. The van der Waals surface area contributed by atoms with E-state index in [2.05, 4.69) is 14.9 Å². The molecule has 3 rings (SSSR count). The molecule has 1 N–H and O–H groups in total. The molecule has 0 saturated carbocycles. The van der Waals surface area contributed by atoms with E-state index >= 15 is 0 Å². The predicted molar refractivity (Wildman–Crippen MR) is 94.9 cm³/mol. The molecule has 1 aliphatic heterocycles. The van der Waals surface area contributed by atoms with Gasteiger partial charge in [0, 0.05) is 31.6 Å². The summed E-state index contributed by atoms with van der Waals surface area (Å²) in [7, 11) is 0. The van der Waals surface area contributed by atoms with Crippen LogP contribution in [0.15, 0.2) is 30.6 Å². The number of nitrogens with zero attached hydrogens (tertiary/aromatic N) is 3. The third kappa shape index (κ3) is 4.67. The van der Waals surface area contributed by atoms with E-state index in [1.54, 1.807) is 6.33 Å². The van der Waals surface area contributed by atoms with Gasteiger partial charge in [-0.25, -0.2) is 9.97 Å². The van der Waals surface area contributed by atoms with Crippen molar-refractivity contribution in [1.82, 2.24) is 14.9 Å². The molecule has 0 fully saturated rings. The molecule has 0 aliphatic carbocycles. The summed E-state index contributed by atoms with van der Waals surface area (Å²) in [6.45, 7) is 6.91. The Morgan fingerprint density at radius 2 is 2.16 bits per heavy atom. The van der Waals surface area contributed by atoms with Gasteiger partial charge < -0.3 is 14.6 Å². The van der Waals surface area contributed by atoms with Crippen molar-refractivity contribution in [2.45, 2.75) is 32.9 Å². The van der Waals surface area contributed by atoms with Crippen molar-refractivity contribution in [3.63, 3.8) is 0 Å². The molecule has 0 amide bonds. The van der Waals surface area contributed by atoms with Crippen molar-refractivity contribution in [2.24, 2.45) is 0 Å². The molecule has 2 aromatic rings. The molecule has 0 bridgehead atoms. The summed E-state index contributed by atoms with van der Waals surface area (Å²) in [4.78, 5) is 10.8. The number of aliphatic hydroxyl groups is 1. The normalized spacial score (nSPS) is 15.5. The highest BCUT2D eigenvalue weighted by atomic mass is 16.5. The van der Waals surface area contributed by atoms with Gasteiger partial charge in [0.1, 0.15) is 24.8 Å². The molecule has 6 heteroatoms. The van der Waals surface area contributed by atoms with Crippen LogP contribution in [0.2, 0.25) is 0 Å². The smallest absolute Gasteiger partial charge is 0.221 e. The largest absolute Gasteiger partial charge is 0.491 e. The van der Waals surface area contributed by atoms with E-state index < -0.39 is 6.10 Å². The number of rotatable bonds is 7. The zero-order chi connectivity index (χ0) is 17.6. The molecular formula is C19H25N3O3. The number of hydrogen-bond acceptors (Lipinski definition) is 6. The average molecular weight is 343 g/mol. The molecule has 6 nitrogen and oxygen atoms in total. The second-order valence-electron chi connectivity index (χ2n) is 6.30. The van der Waals surface area contributed by atoms with Gasteiger partial charge in [0.15, 0.2) is 0 Å². The number of benzene rings is 1. The van der Waals surface area contributed by atoms with Gasteiger partial charge in [-0.15, -0.1) is 0 Å². The van der Waals surface area contributed by atoms with Gasteiger partial charge in [-0.05, 0) is 31.5 Å². The van der Waals surface area contributed by atoms with Crippen LogP contribution in [-0.2, 0) is 13.0 Å². The molecule has 0 saturated heterocycles. The third-order valence-electron chi connectivity index (χ3n) is 4.22. The van der Waals surface area contributed by atoms with Crippen LogP contribution in [0.1, 0.15) is 23.7 Å². The zero-order valence-electron chi connectivity index (χ0n) is 14.8. The number of aromatic nitrogens is 2. The second kappa shape index (κ2) is 8.27. The number of aliphatic hydroxyl groups excluding tert-OH is 1.